The number of nitrogen functional groups attached to an aromatic ring is 1. The summed E-state index contributed by atoms with van der Waals surface area (Å²) < 4.78 is 1.72. The molecule has 5 heteroatoms. The predicted molar refractivity (Wildman–Crippen MR) is 71.7 cm³/mol. The van der Waals surface area contributed by atoms with Gasteiger partial charge in [0.1, 0.15) is 0 Å². The molecule has 4 nitrogen and oxygen atoms in total. The Hall–Kier alpha value is -1.81. The summed E-state index contributed by atoms with van der Waals surface area (Å²) in [6.45, 7) is 0. The molecule has 1 heterocycles. The van der Waals surface area contributed by atoms with Crippen molar-refractivity contribution < 1.29 is 4.79 Å². The van der Waals surface area contributed by atoms with Crippen LogP contribution in [0, 0.1) is 0 Å². The van der Waals surface area contributed by atoms with Crippen molar-refractivity contribution in [2.24, 2.45) is 7.05 Å². The summed E-state index contributed by atoms with van der Waals surface area (Å²) in [6, 6.07) is 5.43. The Morgan fingerprint density at radius 1 is 1.50 bits per heavy atom. The van der Waals surface area contributed by atoms with Gasteiger partial charge in [0.2, 0.25) is 0 Å². The van der Waals surface area contributed by atoms with Crippen molar-refractivity contribution in [2.75, 3.05) is 5.73 Å². The van der Waals surface area contributed by atoms with Crippen LogP contribution in [0.5, 0.6) is 0 Å². The van der Waals surface area contributed by atoms with Gasteiger partial charge in [-0.05, 0) is 24.1 Å². The highest BCUT2D eigenvalue weighted by molar-refractivity contribution is 6.33. The van der Waals surface area contributed by atoms with E-state index in [1.165, 1.54) is 0 Å². The standard InChI is InChI=1S/C13H14ClN3O/c1-17-7-6-16-13(17)12(18)5-3-9-2-4-10(14)11(15)8-9/h2,4,6-8H,3,5,15H2,1H3. The molecule has 0 radical (unpaired) electrons. The van der Waals surface area contributed by atoms with Gasteiger partial charge in [0.05, 0.1) is 10.7 Å². The van der Waals surface area contributed by atoms with Crippen LogP contribution < -0.4 is 5.73 Å². The zero-order valence-electron chi connectivity index (χ0n) is 10.1. The van der Waals surface area contributed by atoms with Crippen LogP contribution >= 0.6 is 11.6 Å². The quantitative estimate of drug-likeness (QED) is 0.681. The van der Waals surface area contributed by atoms with Gasteiger partial charge < -0.3 is 10.3 Å². The van der Waals surface area contributed by atoms with Gasteiger partial charge in [-0.3, -0.25) is 4.79 Å². The highest BCUT2D eigenvalue weighted by Gasteiger charge is 2.11. The molecule has 0 aliphatic heterocycles. The second kappa shape index (κ2) is 5.23. The lowest BCUT2D eigenvalue weighted by atomic mass is 10.1. The van der Waals surface area contributed by atoms with E-state index in [1.807, 2.05) is 6.07 Å². The number of carbonyl (C=O) groups excluding carboxylic acids is 1. The van der Waals surface area contributed by atoms with E-state index in [-0.39, 0.29) is 5.78 Å². The Morgan fingerprint density at radius 2 is 2.28 bits per heavy atom. The number of halogens is 1. The zero-order valence-corrected chi connectivity index (χ0v) is 10.8. The van der Waals surface area contributed by atoms with E-state index in [0.717, 1.165) is 5.56 Å². The monoisotopic (exact) mass is 263 g/mol. The van der Waals surface area contributed by atoms with Crippen LogP contribution in [0.3, 0.4) is 0 Å². The number of hydrogen-bond acceptors (Lipinski definition) is 3. The molecule has 2 N–H and O–H groups in total. The van der Waals surface area contributed by atoms with E-state index in [0.29, 0.717) is 29.4 Å². The molecule has 0 atom stereocenters. The summed E-state index contributed by atoms with van der Waals surface area (Å²) in [6.07, 6.45) is 4.42. The minimum Gasteiger partial charge on any atom is -0.398 e. The van der Waals surface area contributed by atoms with Crippen molar-refractivity contribution in [3.63, 3.8) is 0 Å². The van der Waals surface area contributed by atoms with Crippen LogP contribution in [0.25, 0.3) is 0 Å². The fourth-order valence-electron chi connectivity index (χ4n) is 1.75. The molecule has 0 saturated heterocycles. The second-order valence-corrected chi connectivity index (χ2v) is 4.55. The van der Waals surface area contributed by atoms with Gasteiger partial charge >= 0.3 is 0 Å². The highest BCUT2D eigenvalue weighted by Crippen LogP contribution is 2.20. The first-order valence-electron chi connectivity index (χ1n) is 5.62. The highest BCUT2D eigenvalue weighted by atomic mass is 35.5. The Labute approximate surface area is 110 Å². The normalized spacial score (nSPS) is 10.6. The van der Waals surface area contributed by atoms with Crippen molar-refractivity contribution in [2.45, 2.75) is 12.8 Å². The lowest BCUT2D eigenvalue weighted by Gasteiger charge is -2.04. The fraction of sp³-hybridized carbons (Fsp3) is 0.231. The van der Waals surface area contributed by atoms with Gasteiger partial charge in [-0.15, -0.1) is 0 Å². The van der Waals surface area contributed by atoms with Gasteiger partial charge in [0.15, 0.2) is 11.6 Å². The van der Waals surface area contributed by atoms with E-state index < -0.39 is 0 Å². The first-order valence-corrected chi connectivity index (χ1v) is 6.00. The minimum atomic E-state index is 0.0241. The van der Waals surface area contributed by atoms with Crippen LogP contribution in [-0.2, 0) is 13.5 Å². The zero-order chi connectivity index (χ0) is 13.1. The number of aromatic nitrogens is 2. The number of hydrogen-bond donors (Lipinski definition) is 1. The number of Topliss-reactive ketones (excluding diaryl/α,β-unsaturated/α-hetero) is 1. The smallest absolute Gasteiger partial charge is 0.198 e. The van der Waals surface area contributed by atoms with E-state index in [2.05, 4.69) is 4.98 Å². The van der Waals surface area contributed by atoms with E-state index in [4.69, 9.17) is 17.3 Å². The van der Waals surface area contributed by atoms with E-state index >= 15 is 0 Å². The first-order chi connectivity index (χ1) is 8.58. The molecule has 2 rings (SSSR count). The van der Waals surface area contributed by atoms with Crippen molar-refractivity contribution in [3.8, 4) is 0 Å². The van der Waals surface area contributed by atoms with Crippen molar-refractivity contribution in [3.05, 3.63) is 47.0 Å². The van der Waals surface area contributed by atoms with Gasteiger partial charge in [0, 0.05) is 25.9 Å². The third-order valence-corrected chi connectivity index (χ3v) is 3.12. The second-order valence-electron chi connectivity index (χ2n) is 4.14. The van der Waals surface area contributed by atoms with Crippen LogP contribution in [0.4, 0.5) is 5.69 Å². The SMILES string of the molecule is Cn1ccnc1C(=O)CCc1ccc(Cl)c(N)c1. The summed E-state index contributed by atoms with van der Waals surface area (Å²) in [4.78, 5) is 15.9. The van der Waals surface area contributed by atoms with Crippen LogP contribution in [-0.4, -0.2) is 15.3 Å². The fourth-order valence-corrected chi connectivity index (χ4v) is 1.87. The maximum Gasteiger partial charge on any atom is 0.198 e. The maximum absolute atomic E-state index is 11.9. The van der Waals surface area contributed by atoms with E-state index in [9.17, 15) is 4.79 Å². The molecule has 0 amide bonds. The average molecular weight is 264 g/mol. The molecule has 1 aromatic heterocycles. The molecule has 2 aromatic rings. The molecule has 0 aliphatic rings. The Bertz CT molecular complexity index is 577. The molecule has 0 spiro atoms. The number of aryl methyl sites for hydroxylation is 2. The summed E-state index contributed by atoms with van der Waals surface area (Å²) in [5.74, 6) is 0.507. The number of ketones is 1. The lowest BCUT2D eigenvalue weighted by molar-refractivity contribution is 0.0970. The molecule has 0 fully saturated rings. The minimum absolute atomic E-state index is 0.0241. The number of nitrogens with two attached hydrogens (primary N) is 1. The van der Waals surface area contributed by atoms with Gasteiger partial charge in [-0.25, -0.2) is 4.98 Å². The summed E-state index contributed by atoms with van der Waals surface area (Å²) in [7, 11) is 1.81. The molecule has 0 bridgehead atoms. The van der Waals surface area contributed by atoms with Crippen molar-refractivity contribution in [1.82, 2.24) is 9.55 Å². The van der Waals surface area contributed by atoms with Gasteiger partial charge in [-0.2, -0.15) is 0 Å². The third-order valence-electron chi connectivity index (χ3n) is 2.77. The summed E-state index contributed by atoms with van der Waals surface area (Å²) in [5.41, 5.74) is 7.25. The predicted octanol–water partition coefficient (Wildman–Crippen LogP) is 2.47. The third kappa shape index (κ3) is 2.71. The first kappa shape index (κ1) is 12.6. The number of anilines is 1. The molecule has 94 valence electrons. The number of rotatable bonds is 4. The molecule has 1 aromatic carbocycles. The molecule has 0 unspecified atom stereocenters. The maximum atomic E-state index is 11.9. The topological polar surface area (TPSA) is 60.9 Å². The number of carbonyl (C=O) groups is 1. The average Bonchev–Trinajstić information content (AvgIpc) is 2.77. The van der Waals surface area contributed by atoms with Gasteiger partial charge in [0.25, 0.3) is 0 Å². The number of imidazole rings is 1. The molecular weight excluding hydrogens is 250 g/mol. The van der Waals surface area contributed by atoms with Crippen LogP contribution in [0.2, 0.25) is 5.02 Å². The summed E-state index contributed by atoms with van der Waals surface area (Å²) in [5, 5.41) is 0.536. The number of benzene rings is 1. The Kier molecular flexibility index (Phi) is 3.67. The van der Waals surface area contributed by atoms with Crippen LogP contribution in [0.15, 0.2) is 30.6 Å². The van der Waals surface area contributed by atoms with Crippen molar-refractivity contribution in [1.29, 1.82) is 0 Å². The largest absolute Gasteiger partial charge is 0.398 e. The number of nitrogens with zero attached hydrogens (tertiary/aromatic N) is 2. The molecule has 0 aliphatic carbocycles. The Morgan fingerprint density at radius 3 is 2.89 bits per heavy atom. The lowest BCUT2D eigenvalue weighted by Crippen LogP contribution is -2.08. The van der Waals surface area contributed by atoms with Crippen LogP contribution in [0.1, 0.15) is 22.6 Å². The van der Waals surface area contributed by atoms with Crippen molar-refractivity contribution >= 4 is 23.1 Å². The molecule has 18 heavy (non-hydrogen) atoms. The van der Waals surface area contributed by atoms with Gasteiger partial charge in [-0.1, -0.05) is 17.7 Å². The Balaban J connectivity index is 2.02. The summed E-state index contributed by atoms with van der Waals surface area (Å²) >= 11 is 5.84. The van der Waals surface area contributed by atoms with E-state index in [1.54, 1.807) is 36.1 Å². The molecule has 0 saturated carbocycles. The molecular formula is C13H14ClN3O.